The molecule has 1 atom stereocenters. The van der Waals surface area contributed by atoms with Crippen molar-refractivity contribution >= 4 is 23.2 Å². The lowest BCUT2D eigenvalue weighted by Gasteiger charge is -2.31. The van der Waals surface area contributed by atoms with E-state index in [1.54, 1.807) is 23.3 Å². The second kappa shape index (κ2) is 8.98. The first-order valence-corrected chi connectivity index (χ1v) is 12.0. The van der Waals surface area contributed by atoms with Crippen LogP contribution in [0.5, 0.6) is 11.5 Å². The summed E-state index contributed by atoms with van der Waals surface area (Å²) in [6.45, 7) is 1.64. The van der Waals surface area contributed by atoms with E-state index in [9.17, 15) is 19.5 Å². The van der Waals surface area contributed by atoms with Crippen molar-refractivity contribution in [3.8, 4) is 22.8 Å². The summed E-state index contributed by atoms with van der Waals surface area (Å²) >= 11 is 1.59. The number of amides is 1. The molecule has 5 rings (SSSR count). The number of likely N-dealkylation sites (tertiary alicyclic amines) is 1. The second-order valence-corrected chi connectivity index (χ2v) is 9.36. The Hall–Kier alpha value is -3.59. The summed E-state index contributed by atoms with van der Waals surface area (Å²) in [7, 11) is 1.55. The van der Waals surface area contributed by atoms with Gasteiger partial charge in [-0.05, 0) is 42.0 Å². The first-order valence-electron chi connectivity index (χ1n) is 11.1. The van der Waals surface area contributed by atoms with E-state index in [-0.39, 0.29) is 17.5 Å². The summed E-state index contributed by atoms with van der Waals surface area (Å²) in [5.41, 5.74) is 1.64. The normalized spacial score (nSPS) is 16.8. The fraction of sp³-hybridized carbons (Fsp3) is 0.320. The van der Waals surface area contributed by atoms with Gasteiger partial charge in [0.2, 0.25) is 5.91 Å². The Kier molecular flexibility index (Phi) is 5.87. The molecule has 2 aliphatic rings. The third-order valence-corrected chi connectivity index (χ3v) is 7.36. The molecule has 1 amide bonds. The van der Waals surface area contributed by atoms with Gasteiger partial charge in [0, 0.05) is 35.7 Å². The van der Waals surface area contributed by atoms with Gasteiger partial charge in [-0.15, -0.1) is 11.3 Å². The highest BCUT2D eigenvalue weighted by Gasteiger charge is 2.29. The van der Waals surface area contributed by atoms with Gasteiger partial charge in [-0.25, -0.2) is 4.79 Å². The lowest BCUT2D eigenvalue weighted by Crippen LogP contribution is -2.29. The van der Waals surface area contributed by atoms with Gasteiger partial charge in [0.25, 0.3) is 0 Å². The van der Waals surface area contributed by atoms with Crippen LogP contribution in [0.15, 0.2) is 46.7 Å². The highest BCUT2D eigenvalue weighted by atomic mass is 32.1. The molecule has 176 valence electrons. The van der Waals surface area contributed by atoms with Crippen molar-refractivity contribution in [3.05, 3.63) is 68.1 Å². The molecule has 0 spiro atoms. The number of pyridine rings is 1. The molecule has 8 nitrogen and oxygen atoms in total. The van der Waals surface area contributed by atoms with Gasteiger partial charge in [-0.2, -0.15) is 0 Å². The highest BCUT2D eigenvalue weighted by molar-refractivity contribution is 7.10. The molecule has 0 aliphatic carbocycles. The van der Waals surface area contributed by atoms with Crippen LogP contribution in [0.2, 0.25) is 0 Å². The minimum absolute atomic E-state index is 0.148. The molecule has 1 fully saturated rings. The van der Waals surface area contributed by atoms with Crippen LogP contribution in [-0.4, -0.2) is 53.3 Å². The van der Waals surface area contributed by atoms with E-state index in [0.717, 1.165) is 29.0 Å². The molecular weight excluding hydrogens is 456 g/mol. The number of ether oxygens (including phenoxy) is 2. The predicted octanol–water partition coefficient (Wildman–Crippen LogP) is 3.43. The number of hydrogen-bond acceptors (Lipinski definition) is 6. The number of rotatable bonds is 7. The summed E-state index contributed by atoms with van der Waals surface area (Å²) < 4.78 is 13.5. The molecular formula is C25H24N2O6S. The Morgan fingerprint density at radius 2 is 2.09 bits per heavy atom. The molecule has 1 saturated heterocycles. The summed E-state index contributed by atoms with van der Waals surface area (Å²) in [4.78, 5) is 39.0. The van der Waals surface area contributed by atoms with Gasteiger partial charge in [-0.1, -0.05) is 6.07 Å². The number of aromatic carboxylic acids is 1. The Labute approximate surface area is 200 Å². The molecule has 34 heavy (non-hydrogen) atoms. The van der Waals surface area contributed by atoms with Crippen LogP contribution in [0.3, 0.4) is 0 Å². The Morgan fingerprint density at radius 1 is 1.24 bits per heavy atom. The van der Waals surface area contributed by atoms with Crippen molar-refractivity contribution in [2.24, 2.45) is 0 Å². The van der Waals surface area contributed by atoms with Crippen LogP contribution in [0.25, 0.3) is 11.3 Å². The molecule has 1 N–H and O–H groups in total. The number of carboxylic acids is 1. The number of methoxy groups -OCH3 is 1. The number of carboxylic acid groups (broad SMARTS) is 1. The molecule has 0 radical (unpaired) electrons. The SMILES string of the molecule is COc1cc2c(cc1OCCN1CCCC1=O)CC(c1cccs1)n1cc(C(=O)O)c(=O)cc1-2. The number of nitrogens with zero attached hydrogens (tertiary/aromatic N) is 2. The van der Waals surface area contributed by atoms with Gasteiger partial charge >= 0.3 is 5.97 Å². The molecule has 1 unspecified atom stereocenters. The van der Waals surface area contributed by atoms with Gasteiger partial charge in [0.05, 0.1) is 25.4 Å². The third kappa shape index (κ3) is 3.96. The Balaban J connectivity index is 1.54. The maximum Gasteiger partial charge on any atom is 0.341 e. The zero-order valence-corrected chi connectivity index (χ0v) is 19.5. The summed E-state index contributed by atoms with van der Waals surface area (Å²) in [6.07, 6.45) is 3.52. The van der Waals surface area contributed by atoms with Crippen LogP contribution in [0, 0.1) is 0 Å². The lowest BCUT2D eigenvalue weighted by atomic mass is 9.91. The summed E-state index contributed by atoms with van der Waals surface area (Å²) in [5.74, 6) is 0.00887. The number of benzene rings is 1. The van der Waals surface area contributed by atoms with Crippen LogP contribution in [0.1, 0.15) is 39.7 Å². The number of carbonyl (C=O) groups is 2. The molecule has 2 aromatic heterocycles. The van der Waals surface area contributed by atoms with Crippen molar-refractivity contribution in [2.45, 2.75) is 25.3 Å². The zero-order valence-electron chi connectivity index (χ0n) is 18.7. The van der Waals surface area contributed by atoms with Gasteiger partial charge < -0.3 is 24.0 Å². The average molecular weight is 481 g/mol. The summed E-state index contributed by atoms with van der Waals surface area (Å²) in [6, 6.07) is 8.97. The maximum absolute atomic E-state index is 12.6. The fourth-order valence-corrected chi connectivity index (χ4v) is 5.52. The number of aromatic nitrogens is 1. The van der Waals surface area contributed by atoms with Crippen LogP contribution >= 0.6 is 11.3 Å². The molecule has 4 heterocycles. The van der Waals surface area contributed by atoms with Crippen molar-refractivity contribution in [2.75, 3.05) is 26.8 Å². The molecule has 0 bridgehead atoms. The van der Waals surface area contributed by atoms with Crippen LogP contribution in [-0.2, 0) is 11.2 Å². The zero-order chi connectivity index (χ0) is 23.8. The Morgan fingerprint density at radius 3 is 2.76 bits per heavy atom. The van der Waals surface area contributed by atoms with E-state index in [1.807, 2.05) is 34.2 Å². The molecule has 2 aliphatic heterocycles. The van der Waals surface area contributed by atoms with E-state index >= 15 is 0 Å². The van der Waals surface area contributed by atoms with Crippen LogP contribution < -0.4 is 14.9 Å². The quantitative estimate of drug-likeness (QED) is 0.556. The van der Waals surface area contributed by atoms with Crippen molar-refractivity contribution in [1.82, 2.24) is 9.47 Å². The van der Waals surface area contributed by atoms with E-state index in [0.29, 0.717) is 43.2 Å². The van der Waals surface area contributed by atoms with E-state index in [2.05, 4.69) is 0 Å². The number of carbonyl (C=O) groups excluding carboxylic acids is 1. The van der Waals surface area contributed by atoms with Gasteiger partial charge in [-0.3, -0.25) is 9.59 Å². The highest BCUT2D eigenvalue weighted by Crippen LogP contribution is 2.43. The number of hydrogen-bond donors (Lipinski definition) is 1. The number of thiophene rings is 1. The Bertz CT molecular complexity index is 1310. The lowest BCUT2D eigenvalue weighted by molar-refractivity contribution is -0.128. The molecule has 1 aromatic carbocycles. The number of fused-ring (bicyclic) bond motifs is 3. The summed E-state index contributed by atoms with van der Waals surface area (Å²) in [5, 5.41) is 11.5. The van der Waals surface area contributed by atoms with E-state index in [1.165, 1.54) is 12.3 Å². The first-order chi connectivity index (χ1) is 16.5. The van der Waals surface area contributed by atoms with E-state index < -0.39 is 11.4 Å². The van der Waals surface area contributed by atoms with Gasteiger partial charge in [0.1, 0.15) is 12.2 Å². The van der Waals surface area contributed by atoms with Crippen molar-refractivity contribution in [3.63, 3.8) is 0 Å². The first kappa shape index (κ1) is 22.2. The molecule has 9 heteroatoms. The van der Waals surface area contributed by atoms with Gasteiger partial charge in [0.15, 0.2) is 16.9 Å². The molecule has 0 saturated carbocycles. The minimum atomic E-state index is -1.24. The minimum Gasteiger partial charge on any atom is -0.493 e. The van der Waals surface area contributed by atoms with Crippen molar-refractivity contribution in [1.29, 1.82) is 0 Å². The molecule has 3 aromatic rings. The average Bonchev–Trinajstić information content (AvgIpc) is 3.50. The van der Waals surface area contributed by atoms with E-state index in [4.69, 9.17) is 9.47 Å². The smallest absolute Gasteiger partial charge is 0.341 e. The topological polar surface area (TPSA) is 98.1 Å². The third-order valence-electron chi connectivity index (χ3n) is 6.39. The predicted molar refractivity (Wildman–Crippen MR) is 127 cm³/mol. The largest absolute Gasteiger partial charge is 0.493 e. The fourth-order valence-electron chi connectivity index (χ4n) is 4.70. The standard InChI is InChI=1S/C25H24N2O6S/c1-32-21-12-16-15(11-22(21)33-8-7-26-6-2-5-24(26)29)10-19(23-4-3-9-34-23)27-14-17(25(30)31)20(28)13-18(16)27/h3-4,9,11-14,19H,2,5-8,10H2,1H3,(H,30,31). The maximum atomic E-state index is 12.6. The second-order valence-electron chi connectivity index (χ2n) is 8.38. The van der Waals surface area contributed by atoms with Crippen molar-refractivity contribution < 1.29 is 24.2 Å². The monoisotopic (exact) mass is 480 g/mol. The van der Waals surface area contributed by atoms with Crippen LogP contribution in [0.4, 0.5) is 0 Å².